The molecule has 1 heterocycles. The van der Waals surface area contributed by atoms with Crippen LogP contribution in [0.15, 0.2) is 33.8 Å². The van der Waals surface area contributed by atoms with Crippen LogP contribution in [0, 0.1) is 10.1 Å². The van der Waals surface area contributed by atoms with Gasteiger partial charge in [-0.3, -0.25) is 14.9 Å². The summed E-state index contributed by atoms with van der Waals surface area (Å²) in [5, 5.41) is 13.6. The Kier molecular flexibility index (Phi) is 4.59. The Labute approximate surface area is 106 Å². The molecule has 0 spiro atoms. The number of halogens is 1. The molecular formula is C10H12BrN3O3. The minimum Gasteiger partial charge on any atom is -0.343 e. The maximum atomic E-state index is 11.4. The number of hydrogen-bond donors (Lipinski definition) is 1. The summed E-state index contributed by atoms with van der Waals surface area (Å²) in [4.78, 5) is 21.4. The summed E-state index contributed by atoms with van der Waals surface area (Å²) in [6.07, 6.45) is 2.73. The van der Waals surface area contributed by atoms with Gasteiger partial charge in [-0.25, -0.2) is 0 Å². The Hall–Kier alpha value is -1.47. The molecule has 0 aromatic carbocycles. The van der Waals surface area contributed by atoms with Crippen LogP contribution in [-0.4, -0.2) is 23.1 Å². The first kappa shape index (κ1) is 13.6. The van der Waals surface area contributed by atoms with Crippen molar-refractivity contribution in [3.8, 4) is 0 Å². The minimum absolute atomic E-state index is 0.170. The molecular weight excluding hydrogens is 290 g/mol. The Bertz CT molecular complexity index is 510. The van der Waals surface area contributed by atoms with Gasteiger partial charge in [-0.1, -0.05) is 6.58 Å². The summed E-state index contributed by atoms with van der Waals surface area (Å²) in [6.45, 7) is 4.85. The zero-order chi connectivity index (χ0) is 13.0. The van der Waals surface area contributed by atoms with Crippen LogP contribution in [0.4, 0.5) is 5.69 Å². The predicted molar refractivity (Wildman–Crippen MR) is 68.1 cm³/mol. The zero-order valence-corrected chi connectivity index (χ0v) is 10.9. The van der Waals surface area contributed by atoms with Crippen molar-refractivity contribution in [2.24, 2.45) is 0 Å². The highest BCUT2D eigenvalue weighted by molar-refractivity contribution is 9.10. The molecule has 1 aromatic heterocycles. The van der Waals surface area contributed by atoms with Gasteiger partial charge in [0.2, 0.25) is 0 Å². The summed E-state index contributed by atoms with van der Waals surface area (Å²) in [6, 6.07) is 0. The second kappa shape index (κ2) is 5.74. The van der Waals surface area contributed by atoms with Crippen LogP contribution in [0.25, 0.3) is 0 Å². The molecule has 7 heteroatoms. The fraction of sp³-hybridized carbons (Fsp3) is 0.300. The molecule has 0 bridgehead atoms. The van der Waals surface area contributed by atoms with Gasteiger partial charge in [0.1, 0.15) is 0 Å². The van der Waals surface area contributed by atoms with Gasteiger partial charge in [0.05, 0.1) is 15.6 Å². The number of likely N-dealkylation sites (N-methyl/N-ethyl adjacent to an activating group) is 1. The summed E-state index contributed by atoms with van der Waals surface area (Å²) in [7, 11) is 1.79. The normalized spacial score (nSPS) is 10.2. The summed E-state index contributed by atoms with van der Waals surface area (Å²) in [5.74, 6) is 0. The number of hydrogen-bond acceptors (Lipinski definition) is 4. The van der Waals surface area contributed by atoms with Gasteiger partial charge in [-0.2, -0.15) is 0 Å². The molecule has 0 aliphatic heterocycles. The van der Waals surface area contributed by atoms with Gasteiger partial charge in [-0.15, -0.1) is 0 Å². The molecule has 6 nitrogen and oxygen atoms in total. The predicted octanol–water partition coefficient (Wildman–Crippen LogP) is 1.29. The van der Waals surface area contributed by atoms with E-state index in [-0.39, 0.29) is 4.47 Å². The second-order valence-electron chi connectivity index (χ2n) is 3.53. The first-order valence-electron chi connectivity index (χ1n) is 4.81. The third kappa shape index (κ3) is 3.50. The number of pyridine rings is 1. The van der Waals surface area contributed by atoms with E-state index in [9.17, 15) is 14.9 Å². The molecule has 92 valence electrons. The summed E-state index contributed by atoms with van der Waals surface area (Å²) >= 11 is 3.01. The van der Waals surface area contributed by atoms with E-state index in [2.05, 4.69) is 27.8 Å². The van der Waals surface area contributed by atoms with Crippen LogP contribution < -0.4 is 10.7 Å². The van der Waals surface area contributed by atoms with Crippen molar-refractivity contribution in [1.82, 2.24) is 9.88 Å². The third-order valence-corrected chi connectivity index (χ3v) is 2.61. The first-order chi connectivity index (χ1) is 7.95. The molecule has 0 aliphatic carbocycles. The lowest BCUT2D eigenvalue weighted by atomic mass is 10.3. The Balaban J connectivity index is 3.07. The van der Waals surface area contributed by atoms with E-state index >= 15 is 0 Å². The molecule has 0 atom stereocenters. The van der Waals surface area contributed by atoms with Gasteiger partial charge in [0.25, 0.3) is 5.43 Å². The molecule has 0 amide bonds. The Morgan fingerprint density at radius 3 is 2.82 bits per heavy atom. The number of nitrogens with zero attached hydrogens (tertiary/aromatic N) is 2. The highest BCUT2D eigenvalue weighted by Crippen LogP contribution is 2.11. The maximum absolute atomic E-state index is 11.4. The van der Waals surface area contributed by atoms with Crippen molar-refractivity contribution in [2.45, 2.75) is 6.54 Å². The molecule has 0 fully saturated rings. The van der Waals surface area contributed by atoms with E-state index in [1.807, 2.05) is 0 Å². The van der Waals surface area contributed by atoms with E-state index in [0.717, 1.165) is 5.57 Å². The summed E-state index contributed by atoms with van der Waals surface area (Å²) < 4.78 is 1.73. The number of aromatic nitrogens is 1. The largest absolute Gasteiger partial charge is 0.343 e. The quantitative estimate of drug-likeness (QED) is 0.505. The van der Waals surface area contributed by atoms with Gasteiger partial charge in [0, 0.05) is 19.3 Å². The van der Waals surface area contributed by atoms with Crippen molar-refractivity contribution < 1.29 is 4.92 Å². The van der Waals surface area contributed by atoms with Gasteiger partial charge in [0.15, 0.2) is 0 Å². The number of rotatable bonds is 5. The van der Waals surface area contributed by atoms with Crippen molar-refractivity contribution in [3.05, 3.63) is 49.4 Å². The molecule has 0 unspecified atom stereocenters. The van der Waals surface area contributed by atoms with Crippen LogP contribution >= 0.6 is 15.9 Å². The highest BCUT2D eigenvalue weighted by atomic mass is 79.9. The fourth-order valence-corrected chi connectivity index (χ4v) is 1.83. The van der Waals surface area contributed by atoms with E-state index in [4.69, 9.17) is 0 Å². The third-order valence-electron chi connectivity index (χ3n) is 2.05. The van der Waals surface area contributed by atoms with Crippen molar-refractivity contribution in [2.75, 3.05) is 13.6 Å². The van der Waals surface area contributed by atoms with Gasteiger partial charge < -0.3 is 9.88 Å². The average Bonchev–Trinajstić information content (AvgIpc) is 2.23. The lowest BCUT2D eigenvalue weighted by Gasteiger charge is -2.09. The smallest absolute Gasteiger partial charge is 0.333 e. The van der Waals surface area contributed by atoms with Crippen LogP contribution in [0.2, 0.25) is 0 Å². The van der Waals surface area contributed by atoms with Crippen molar-refractivity contribution in [3.63, 3.8) is 0 Å². The standard InChI is InChI=1S/C10H12BrN3O3/c1-7(3-12-2)4-13-5-8(11)10(15)9(6-13)14(16)17/h5-6,12H,1,3-4H2,2H3. The van der Waals surface area contributed by atoms with E-state index in [0.29, 0.717) is 13.1 Å². The SMILES string of the molecule is C=C(CNC)Cn1cc(Br)c(=O)c([N+](=O)[O-])c1. The topological polar surface area (TPSA) is 77.2 Å². The Morgan fingerprint density at radius 1 is 1.65 bits per heavy atom. The first-order valence-corrected chi connectivity index (χ1v) is 5.60. The van der Waals surface area contributed by atoms with Crippen LogP contribution in [0.1, 0.15) is 0 Å². The average molecular weight is 302 g/mol. The van der Waals surface area contributed by atoms with E-state index in [1.165, 1.54) is 12.4 Å². The Morgan fingerprint density at radius 2 is 2.29 bits per heavy atom. The molecule has 0 saturated carbocycles. The minimum atomic E-state index is -0.690. The van der Waals surface area contributed by atoms with Crippen LogP contribution in [-0.2, 0) is 6.54 Å². The number of nitrogens with one attached hydrogen (secondary N) is 1. The molecule has 1 N–H and O–H groups in total. The van der Waals surface area contributed by atoms with Crippen molar-refractivity contribution >= 4 is 21.6 Å². The second-order valence-corrected chi connectivity index (χ2v) is 4.38. The van der Waals surface area contributed by atoms with E-state index in [1.54, 1.807) is 11.6 Å². The molecule has 1 rings (SSSR count). The van der Waals surface area contributed by atoms with Crippen molar-refractivity contribution in [1.29, 1.82) is 0 Å². The maximum Gasteiger partial charge on any atom is 0.333 e. The molecule has 0 radical (unpaired) electrons. The monoisotopic (exact) mass is 301 g/mol. The lowest BCUT2D eigenvalue weighted by Crippen LogP contribution is -2.17. The highest BCUT2D eigenvalue weighted by Gasteiger charge is 2.15. The molecule has 1 aromatic rings. The van der Waals surface area contributed by atoms with Crippen LogP contribution in [0.5, 0.6) is 0 Å². The van der Waals surface area contributed by atoms with Gasteiger partial charge >= 0.3 is 5.69 Å². The van der Waals surface area contributed by atoms with Crippen LogP contribution in [0.3, 0.4) is 0 Å². The van der Waals surface area contributed by atoms with Gasteiger partial charge in [-0.05, 0) is 28.6 Å². The molecule has 0 saturated heterocycles. The molecule has 0 aliphatic rings. The summed E-state index contributed by atoms with van der Waals surface area (Å²) in [5.41, 5.74) is -0.209. The number of nitro groups is 1. The zero-order valence-electron chi connectivity index (χ0n) is 9.27. The van der Waals surface area contributed by atoms with E-state index < -0.39 is 16.0 Å². The lowest BCUT2D eigenvalue weighted by molar-refractivity contribution is -0.386. The molecule has 17 heavy (non-hydrogen) atoms. The fourth-order valence-electron chi connectivity index (χ4n) is 1.36.